The number of carbonyl (C=O) groups is 1. The van der Waals surface area contributed by atoms with Crippen LogP contribution in [0.4, 0.5) is 0 Å². The van der Waals surface area contributed by atoms with Crippen molar-refractivity contribution in [2.24, 2.45) is 5.10 Å². The number of carbonyl (C=O) groups excluding carboxylic acids is 1. The Bertz CT molecular complexity index is 318. The van der Waals surface area contributed by atoms with Gasteiger partial charge in [0.15, 0.2) is 0 Å². The Morgan fingerprint density at radius 2 is 1.64 bits per heavy atom. The monoisotopic (exact) mass is 309 g/mol. The molecule has 22 heavy (non-hydrogen) atoms. The Morgan fingerprint density at radius 3 is 2.27 bits per heavy atom. The molecule has 128 valence electrons. The number of amides is 1. The Hall–Kier alpha value is -0.900. The molecular weight excluding hydrogens is 274 g/mol. The minimum Gasteiger partial charge on any atom is -0.303 e. The lowest BCUT2D eigenvalue weighted by Gasteiger charge is -2.26. The summed E-state index contributed by atoms with van der Waals surface area (Å²) in [5.41, 5.74) is 3.89. The number of likely N-dealkylation sites (tertiary alicyclic amines) is 1. The summed E-state index contributed by atoms with van der Waals surface area (Å²) in [6.07, 6.45) is 12.5. The van der Waals surface area contributed by atoms with Crippen molar-refractivity contribution in [1.82, 2.24) is 10.3 Å². The van der Waals surface area contributed by atoms with Crippen LogP contribution >= 0.6 is 0 Å². The first-order valence-electron chi connectivity index (χ1n) is 9.32. The van der Waals surface area contributed by atoms with E-state index in [4.69, 9.17) is 0 Å². The average Bonchev–Trinajstić information content (AvgIpc) is 2.54. The number of hydrazone groups is 1. The van der Waals surface area contributed by atoms with Gasteiger partial charge in [-0.25, -0.2) is 5.43 Å². The van der Waals surface area contributed by atoms with Gasteiger partial charge in [0, 0.05) is 38.1 Å². The average molecular weight is 309 g/mol. The van der Waals surface area contributed by atoms with Gasteiger partial charge in [0.2, 0.25) is 5.91 Å². The van der Waals surface area contributed by atoms with Crippen LogP contribution in [0.1, 0.15) is 84.5 Å². The summed E-state index contributed by atoms with van der Waals surface area (Å²) in [6.45, 7) is 7.80. The van der Waals surface area contributed by atoms with Crippen molar-refractivity contribution in [3.05, 3.63) is 0 Å². The molecule has 0 aromatic rings. The van der Waals surface area contributed by atoms with Crippen molar-refractivity contribution in [1.29, 1.82) is 0 Å². The van der Waals surface area contributed by atoms with Crippen LogP contribution in [0.5, 0.6) is 0 Å². The van der Waals surface area contributed by atoms with Gasteiger partial charge in [0.1, 0.15) is 0 Å². The molecular formula is C18H35N3O. The molecule has 1 amide bonds. The topological polar surface area (TPSA) is 44.7 Å². The standard InChI is InChI=1S/C18H35N3O/c1-3-5-6-7-8-9-10-11-18(22)20-19-17-12-15-21(14-4-2)16-13-17/h3-16H2,1-2H3,(H,20,22). The van der Waals surface area contributed by atoms with E-state index >= 15 is 0 Å². The van der Waals surface area contributed by atoms with E-state index in [-0.39, 0.29) is 5.91 Å². The molecule has 1 N–H and O–H groups in total. The summed E-state index contributed by atoms with van der Waals surface area (Å²) in [6, 6.07) is 0. The number of hydrogen-bond donors (Lipinski definition) is 1. The van der Waals surface area contributed by atoms with Crippen molar-refractivity contribution in [2.45, 2.75) is 84.5 Å². The van der Waals surface area contributed by atoms with Crippen molar-refractivity contribution < 1.29 is 4.79 Å². The molecule has 1 aliphatic rings. The van der Waals surface area contributed by atoms with Gasteiger partial charge in [0.05, 0.1) is 0 Å². The minimum atomic E-state index is 0.0806. The van der Waals surface area contributed by atoms with Crippen molar-refractivity contribution in [2.75, 3.05) is 19.6 Å². The summed E-state index contributed by atoms with van der Waals surface area (Å²) in [7, 11) is 0. The van der Waals surface area contributed by atoms with E-state index in [1.165, 1.54) is 51.5 Å². The van der Waals surface area contributed by atoms with Gasteiger partial charge in [-0.2, -0.15) is 5.10 Å². The first kappa shape index (κ1) is 19.1. The molecule has 1 aliphatic heterocycles. The number of nitrogens with zero attached hydrogens (tertiary/aromatic N) is 2. The zero-order valence-corrected chi connectivity index (χ0v) is 14.7. The molecule has 1 fully saturated rings. The zero-order chi connectivity index (χ0) is 16.0. The van der Waals surface area contributed by atoms with Crippen LogP contribution in [0, 0.1) is 0 Å². The highest BCUT2D eigenvalue weighted by molar-refractivity contribution is 5.87. The van der Waals surface area contributed by atoms with Gasteiger partial charge >= 0.3 is 0 Å². The lowest BCUT2D eigenvalue weighted by Crippen LogP contribution is -2.35. The second kappa shape index (κ2) is 12.6. The lowest BCUT2D eigenvalue weighted by molar-refractivity contribution is -0.121. The van der Waals surface area contributed by atoms with Crippen molar-refractivity contribution in [3.8, 4) is 0 Å². The van der Waals surface area contributed by atoms with Gasteiger partial charge < -0.3 is 4.90 Å². The third-order valence-electron chi connectivity index (χ3n) is 4.32. The molecule has 0 aromatic heterocycles. The first-order valence-corrected chi connectivity index (χ1v) is 9.32. The van der Waals surface area contributed by atoms with Crippen molar-refractivity contribution in [3.63, 3.8) is 0 Å². The molecule has 0 bridgehead atoms. The highest BCUT2D eigenvalue weighted by atomic mass is 16.2. The third-order valence-corrected chi connectivity index (χ3v) is 4.32. The fourth-order valence-corrected chi connectivity index (χ4v) is 2.90. The van der Waals surface area contributed by atoms with Gasteiger partial charge in [-0.3, -0.25) is 4.79 Å². The maximum atomic E-state index is 11.8. The molecule has 0 radical (unpaired) electrons. The minimum absolute atomic E-state index is 0.0806. The Morgan fingerprint density at radius 1 is 1.00 bits per heavy atom. The molecule has 1 heterocycles. The molecule has 0 spiro atoms. The van der Waals surface area contributed by atoms with Crippen LogP contribution in [0.2, 0.25) is 0 Å². The van der Waals surface area contributed by atoms with Crippen LogP contribution in [-0.4, -0.2) is 36.2 Å². The number of hydrogen-bond acceptors (Lipinski definition) is 3. The fourth-order valence-electron chi connectivity index (χ4n) is 2.90. The molecule has 0 aromatic carbocycles. The summed E-state index contributed by atoms with van der Waals surface area (Å²) >= 11 is 0. The normalized spacial score (nSPS) is 15.8. The number of piperidine rings is 1. The quantitative estimate of drug-likeness (QED) is 0.461. The molecule has 1 saturated heterocycles. The molecule has 4 nitrogen and oxygen atoms in total. The zero-order valence-electron chi connectivity index (χ0n) is 14.7. The number of nitrogens with one attached hydrogen (secondary N) is 1. The smallest absolute Gasteiger partial charge is 0.240 e. The summed E-state index contributed by atoms with van der Waals surface area (Å²) in [5, 5.41) is 4.31. The summed E-state index contributed by atoms with van der Waals surface area (Å²) in [5.74, 6) is 0.0806. The van der Waals surface area contributed by atoms with Gasteiger partial charge in [0.25, 0.3) is 0 Å². The second-order valence-electron chi connectivity index (χ2n) is 6.43. The molecule has 4 heteroatoms. The molecule has 0 atom stereocenters. The SMILES string of the molecule is CCCCCCCCCC(=O)NN=C1CCN(CCC)CC1. The predicted molar refractivity (Wildman–Crippen MR) is 94.2 cm³/mol. The van der Waals surface area contributed by atoms with Crippen LogP contribution < -0.4 is 5.43 Å². The third kappa shape index (κ3) is 9.19. The van der Waals surface area contributed by atoms with Crippen LogP contribution in [0.15, 0.2) is 5.10 Å². The number of unbranched alkanes of at least 4 members (excludes halogenated alkanes) is 6. The van der Waals surface area contributed by atoms with E-state index < -0.39 is 0 Å². The summed E-state index contributed by atoms with van der Waals surface area (Å²) in [4.78, 5) is 14.2. The molecule has 0 saturated carbocycles. The fraction of sp³-hybridized carbons (Fsp3) is 0.889. The van der Waals surface area contributed by atoms with Gasteiger partial charge in [-0.05, 0) is 19.4 Å². The number of rotatable bonds is 11. The van der Waals surface area contributed by atoms with E-state index in [2.05, 4.69) is 29.3 Å². The molecule has 0 unspecified atom stereocenters. The first-order chi connectivity index (χ1) is 10.8. The largest absolute Gasteiger partial charge is 0.303 e. The van der Waals surface area contributed by atoms with Crippen LogP contribution in [0.25, 0.3) is 0 Å². The Kier molecular flexibility index (Phi) is 11.0. The van der Waals surface area contributed by atoms with E-state index in [1.807, 2.05) is 0 Å². The van der Waals surface area contributed by atoms with Crippen molar-refractivity contribution >= 4 is 11.6 Å². The Balaban J connectivity index is 2.02. The van der Waals surface area contributed by atoms with Gasteiger partial charge in [-0.15, -0.1) is 0 Å². The molecule has 1 rings (SSSR count). The predicted octanol–water partition coefficient (Wildman–Crippen LogP) is 4.11. The molecule has 0 aliphatic carbocycles. The van der Waals surface area contributed by atoms with E-state index in [9.17, 15) is 4.79 Å². The maximum Gasteiger partial charge on any atom is 0.240 e. The van der Waals surface area contributed by atoms with Gasteiger partial charge in [-0.1, -0.05) is 52.4 Å². The second-order valence-corrected chi connectivity index (χ2v) is 6.43. The van der Waals surface area contributed by atoms with E-state index in [0.29, 0.717) is 6.42 Å². The highest BCUT2D eigenvalue weighted by Gasteiger charge is 2.14. The summed E-state index contributed by atoms with van der Waals surface area (Å²) < 4.78 is 0. The van der Waals surface area contributed by atoms with Crippen LogP contribution in [0.3, 0.4) is 0 Å². The maximum absolute atomic E-state index is 11.8. The highest BCUT2D eigenvalue weighted by Crippen LogP contribution is 2.09. The van der Waals surface area contributed by atoms with E-state index in [0.717, 1.165) is 38.1 Å². The van der Waals surface area contributed by atoms with E-state index in [1.54, 1.807) is 0 Å². The lowest BCUT2D eigenvalue weighted by atomic mass is 10.1. The van der Waals surface area contributed by atoms with Crippen LogP contribution in [-0.2, 0) is 4.79 Å². The Labute approximate surface area is 136 Å².